The third-order valence-corrected chi connectivity index (χ3v) is 3.36. The summed E-state index contributed by atoms with van der Waals surface area (Å²) in [6, 6.07) is 0. The molecule has 0 spiro atoms. The van der Waals surface area contributed by atoms with E-state index in [2.05, 4.69) is 0 Å². The van der Waals surface area contributed by atoms with E-state index in [0.29, 0.717) is 0 Å². The average Bonchev–Trinajstić information content (AvgIpc) is 2.16. The molecule has 1 saturated carbocycles. The second-order valence-electron chi connectivity index (χ2n) is 3.39. The number of rotatable bonds is 3. The molecule has 0 radical (unpaired) electrons. The molecule has 0 aromatic rings. The van der Waals surface area contributed by atoms with Gasteiger partial charge in [-0.25, -0.2) is 0 Å². The van der Waals surface area contributed by atoms with Gasteiger partial charge < -0.3 is 4.89 Å². The van der Waals surface area contributed by atoms with Crippen molar-refractivity contribution in [1.29, 1.82) is 0 Å². The molecule has 1 atom stereocenters. The Hall–Kier alpha value is 0.0900. The van der Waals surface area contributed by atoms with Crippen molar-refractivity contribution in [2.24, 2.45) is 5.92 Å². The van der Waals surface area contributed by atoms with Crippen LogP contribution < -0.4 is 4.89 Å². The molecule has 0 bridgehead atoms. The number of hydrogen-bond donors (Lipinski definition) is 0. The molecule has 0 saturated heterocycles. The Morgan fingerprint density at radius 1 is 1.42 bits per heavy atom. The molecule has 1 unspecified atom stereocenters. The zero-order chi connectivity index (χ0) is 8.81. The highest BCUT2D eigenvalue weighted by atomic mass is 31.1. The van der Waals surface area contributed by atoms with Crippen LogP contribution in [-0.4, -0.2) is 12.9 Å². The molecule has 0 aromatic heterocycles. The van der Waals surface area contributed by atoms with Crippen LogP contribution in [0.25, 0.3) is 0 Å². The van der Waals surface area contributed by atoms with Crippen LogP contribution in [0.3, 0.4) is 0 Å². The maximum atomic E-state index is 10.9. The first-order valence-electron chi connectivity index (χ1n) is 4.66. The molecule has 0 N–H and O–H groups in total. The van der Waals surface area contributed by atoms with Gasteiger partial charge >= 0.3 is 0 Å². The lowest BCUT2D eigenvalue weighted by molar-refractivity contribution is -0.170. The van der Waals surface area contributed by atoms with Crippen molar-refractivity contribution < 1.29 is 9.42 Å². The zero-order valence-electron chi connectivity index (χ0n) is 7.66. The summed E-state index contributed by atoms with van der Waals surface area (Å²) in [6.07, 6.45) is 7.67. The summed E-state index contributed by atoms with van der Waals surface area (Å²) in [6.45, 7) is 0. The van der Waals surface area contributed by atoms with Crippen molar-refractivity contribution in [3.05, 3.63) is 0 Å². The summed E-state index contributed by atoms with van der Waals surface area (Å²) in [4.78, 5) is 10.9. The molecule has 1 aliphatic carbocycles. The Labute approximate surface area is 75.5 Å². The van der Waals surface area contributed by atoms with Crippen molar-refractivity contribution >= 4 is 13.8 Å². The minimum absolute atomic E-state index is 0.771. The molecule has 2 nitrogen and oxygen atoms in total. The monoisotopic (exact) mass is 188 g/mol. The number of hydrogen-bond acceptors (Lipinski definition) is 2. The third kappa shape index (κ3) is 3.66. The van der Waals surface area contributed by atoms with Crippen molar-refractivity contribution in [1.82, 2.24) is 0 Å². The van der Waals surface area contributed by atoms with Crippen LogP contribution in [0, 0.1) is 5.92 Å². The summed E-state index contributed by atoms with van der Waals surface area (Å²) >= 11 is 0. The Balaban J connectivity index is 2.21. The molecule has 0 aliphatic heterocycles. The normalized spacial score (nSPS) is 21.3. The Morgan fingerprint density at radius 2 is 2.08 bits per heavy atom. The van der Waals surface area contributed by atoms with E-state index in [1.165, 1.54) is 39.2 Å². The predicted molar refractivity (Wildman–Crippen MR) is 51.2 cm³/mol. The van der Waals surface area contributed by atoms with Gasteiger partial charge in [-0.15, -0.1) is 0 Å². The van der Waals surface area contributed by atoms with Crippen molar-refractivity contribution in [3.8, 4) is 0 Å². The fourth-order valence-electron chi connectivity index (χ4n) is 1.73. The topological polar surface area (TPSA) is 32.3 Å². The van der Waals surface area contributed by atoms with Gasteiger partial charge in [0.05, 0.1) is 7.11 Å². The average molecular weight is 188 g/mol. The zero-order valence-corrected chi connectivity index (χ0v) is 8.56. The van der Waals surface area contributed by atoms with Crippen molar-refractivity contribution in [2.45, 2.75) is 38.5 Å². The van der Waals surface area contributed by atoms with Gasteiger partial charge in [-0.05, 0) is 5.92 Å². The highest BCUT2D eigenvalue weighted by Gasteiger charge is 2.13. The van der Waals surface area contributed by atoms with Gasteiger partial charge in [0, 0.05) is 6.42 Å². The first kappa shape index (κ1) is 10.2. The lowest BCUT2D eigenvalue weighted by Crippen LogP contribution is -2.07. The van der Waals surface area contributed by atoms with Crippen LogP contribution >= 0.6 is 8.00 Å². The molecule has 12 heavy (non-hydrogen) atoms. The van der Waals surface area contributed by atoms with E-state index in [1.807, 2.05) is 5.80 Å². The molecule has 0 amide bonds. The molecular formula is C9H17O2P. The first-order chi connectivity index (χ1) is 5.83. The van der Waals surface area contributed by atoms with E-state index in [1.54, 1.807) is 0 Å². The summed E-state index contributed by atoms with van der Waals surface area (Å²) in [5.41, 5.74) is 0. The van der Waals surface area contributed by atoms with E-state index < -0.39 is 8.00 Å². The van der Waals surface area contributed by atoms with Gasteiger partial charge in [-0.1, -0.05) is 32.1 Å². The summed E-state index contributed by atoms with van der Waals surface area (Å²) < 4.78 is 4.69. The summed E-state index contributed by atoms with van der Waals surface area (Å²) in [7, 11) is 0.0179. The second kappa shape index (κ2) is 5.69. The summed E-state index contributed by atoms with van der Waals surface area (Å²) in [5.74, 6) is 2.60. The van der Waals surface area contributed by atoms with Gasteiger partial charge in [0.2, 0.25) is 8.00 Å². The lowest BCUT2D eigenvalue weighted by atomic mass is 9.88. The Bertz CT molecular complexity index is 151. The van der Waals surface area contributed by atoms with Crippen LogP contribution in [0.15, 0.2) is 0 Å². The van der Waals surface area contributed by atoms with Crippen LogP contribution in [0.4, 0.5) is 0 Å². The molecule has 1 rings (SSSR count). The van der Waals surface area contributed by atoms with Crippen molar-refractivity contribution in [2.75, 3.05) is 7.11 Å². The van der Waals surface area contributed by atoms with Gasteiger partial charge in [-0.3, -0.25) is 0 Å². The quantitative estimate of drug-likeness (QED) is 0.635. The summed E-state index contributed by atoms with van der Waals surface area (Å²) in [5, 5.41) is 0. The maximum Gasteiger partial charge on any atom is 0.216 e. The van der Waals surface area contributed by atoms with Gasteiger partial charge in [0.25, 0.3) is 0 Å². The Kier molecular flexibility index (Phi) is 4.82. The third-order valence-electron chi connectivity index (χ3n) is 2.49. The van der Waals surface area contributed by atoms with E-state index in [-0.39, 0.29) is 0 Å². The maximum absolute atomic E-state index is 10.9. The Morgan fingerprint density at radius 3 is 2.67 bits per heavy atom. The van der Waals surface area contributed by atoms with Crippen LogP contribution in [-0.2, 0) is 4.52 Å². The van der Waals surface area contributed by atoms with Crippen LogP contribution in [0.2, 0.25) is 0 Å². The molecule has 1 fully saturated rings. The fraction of sp³-hybridized carbons (Fsp3) is 0.889. The fourth-order valence-corrected chi connectivity index (χ4v) is 2.35. The molecule has 0 heterocycles. The minimum atomic E-state index is -1.48. The van der Waals surface area contributed by atoms with Gasteiger partial charge in [-0.2, -0.15) is 4.52 Å². The largest absolute Gasteiger partial charge is 0.603 e. The molecule has 1 aliphatic rings. The molecule has 3 heteroatoms. The first-order valence-corrected chi connectivity index (χ1v) is 5.91. The van der Waals surface area contributed by atoms with E-state index in [0.717, 1.165) is 12.3 Å². The smallest absolute Gasteiger partial charge is 0.216 e. The highest BCUT2D eigenvalue weighted by molar-refractivity contribution is 7.44. The lowest BCUT2D eigenvalue weighted by Gasteiger charge is -2.18. The minimum Gasteiger partial charge on any atom is -0.603 e. The van der Waals surface area contributed by atoms with E-state index >= 15 is 0 Å². The van der Waals surface area contributed by atoms with Crippen LogP contribution in [0.5, 0.6) is 0 Å². The molecular weight excluding hydrogens is 171 g/mol. The van der Waals surface area contributed by atoms with Gasteiger partial charge in [0.1, 0.15) is 5.80 Å². The van der Waals surface area contributed by atoms with Crippen molar-refractivity contribution in [3.63, 3.8) is 0 Å². The van der Waals surface area contributed by atoms with E-state index in [9.17, 15) is 4.89 Å². The predicted octanol–water partition coefficient (Wildman–Crippen LogP) is 2.08. The SMILES string of the molecule is CO[P+]([O-])=CCC1CCCCC1. The van der Waals surface area contributed by atoms with E-state index in [4.69, 9.17) is 4.52 Å². The second-order valence-corrected chi connectivity index (χ2v) is 4.69. The van der Waals surface area contributed by atoms with Gasteiger partial charge in [0.15, 0.2) is 0 Å². The van der Waals surface area contributed by atoms with Crippen LogP contribution in [0.1, 0.15) is 38.5 Å². The molecule has 0 aromatic carbocycles. The highest BCUT2D eigenvalue weighted by Crippen LogP contribution is 2.26. The standard InChI is InChI=1S/C9H17O2P/c1-11-12(10)8-7-9-5-3-2-4-6-9/h8-9H,2-7H2,1H3. The molecule has 70 valence electrons.